The summed E-state index contributed by atoms with van der Waals surface area (Å²) >= 11 is 9.14. The third-order valence-corrected chi connectivity index (χ3v) is 3.33. The number of halogens is 2. The summed E-state index contributed by atoms with van der Waals surface area (Å²) in [6.07, 6.45) is 0. The standard InChI is InChI=1S/C11H10BrClN4O/c1-5-9(14)10(17-16-5)15-11(18)7-4-6(13)2-3-8(7)12/h2-4H,14H2,1H3,(H2,15,16,17,18). The summed E-state index contributed by atoms with van der Waals surface area (Å²) in [5.74, 6) is -0.0213. The predicted octanol–water partition coefficient (Wildman–Crippen LogP) is 2.97. The van der Waals surface area contributed by atoms with E-state index in [1.54, 1.807) is 25.1 Å². The van der Waals surface area contributed by atoms with Crippen LogP contribution in [0.2, 0.25) is 5.02 Å². The highest BCUT2D eigenvalue weighted by molar-refractivity contribution is 9.10. The first kappa shape index (κ1) is 12.9. The molecule has 0 fully saturated rings. The van der Waals surface area contributed by atoms with Gasteiger partial charge >= 0.3 is 0 Å². The van der Waals surface area contributed by atoms with E-state index in [4.69, 9.17) is 17.3 Å². The van der Waals surface area contributed by atoms with Crippen molar-refractivity contribution in [1.82, 2.24) is 10.2 Å². The first-order valence-electron chi connectivity index (χ1n) is 5.06. The lowest BCUT2D eigenvalue weighted by Crippen LogP contribution is -2.14. The number of benzene rings is 1. The van der Waals surface area contributed by atoms with Gasteiger partial charge in [0, 0.05) is 9.50 Å². The highest BCUT2D eigenvalue weighted by Crippen LogP contribution is 2.24. The van der Waals surface area contributed by atoms with Crippen LogP contribution < -0.4 is 11.1 Å². The Morgan fingerprint density at radius 3 is 2.89 bits per heavy atom. The van der Waals surface area contributed by atoms with Crippen molar-refractivity contribution in [3.05, 3.63) is 39.0 Å². The number of nitrogens with two attached hydrogens (primary N) is 1. The highest BCUT2D eigenvalue weighted by atomic mass is 79.9. The zero-order valence-corrected chi connectivity index (χ0v) is 11.8. The first-order chi connectivity index (χ1) is 8.49. The van der Waals surface area contributed by atoms with Gasteiger partial charge in [0.2, 0.25) is 0 Å². The summed E-state index contributed by atoms with van der Waals surface area (Å²) in [5, 5.41) is 9.70. The molecule has 0 bridgehead atoms. The number of aromatic amines is 1. The molecule has 0 saturated carbocycles. The van der Waals surface area contributed by atoms with Crippen LogP contribution in [0.25, 0.3) is 0 Å². The van der Waals surface area contributed by atoms with E-state index in [9.17, 15) is 4.79 Å². The number of amides is 1. The van der Waals surface area contributed by atoms with Crippen LogP contribution in [-0.2, 0) is 0 Å². The molecule has 18 heavy (non-hydrogen) atoms. The van der Waals surface area contributed by atoms with Gasteiger partial charge in [-0.25, -0.2) is 0 Å². The van der Waals surface area contributed by atoms with Gasteiger partial charge in [0.1, 0.15) is 0 Å². The minimum Gasteiger partial charge on any atom is -0.394 e. The zero-order chi connectivity index (χ0) is 13.3. The Hall–Kier alpha value is -1.53. The molecule has 0 spiro atoms. The summed E-state index contributed by atoms with van der Waals surface area (Å²) < 4.78 is 0.648. The Balaban J connectivity index is 2.27. The van der Waals surface area contributed by atoms with Crippen LogP contribution >= 0.6 is 27.5 Å². The van der Waals surface area contributed by atoms with E-state index in [2.05, 4.69) is 31.4 Å². The molecule has 1 heterocycles. The molecule has 94 valence electrons. The smallest absolute Gasteiger partial charge is 0.258 e. The van der Waals surface area contributed by atoms with Gasteiger partial charge in [-0.3, -0.25) is 9.89 Å². The lowest BCUT2D eigenvalue weighted by Gasteiger charge is -2.05. The average molecular weight is 330 g/mol. The first-order valence-corrected chi connectivity index (χ1v) is 6.23. The summed E-state index contributed by atoms with van der Waals surface area (Å²) in [6.45, 7) is 1.77. The maximum atomic E-state index is 12.0. The second-order valence-corrected chi connectivity index (χ2v) is 4.98. The molecule has 0 aliphatic rings. The molecule has 2 aromatic rings. The SMILES string of the molecule is Cc1[nH]nc(NC(=O)c2cc(Cl)ccc2Br)c1N. The van der Waals surface area contributed by atoms with Crippen LogP contribution in [-0.4, -0.2) is 16.1 Å². The Kier molecular flexibility index (Phi) is 3.58. The van der Waals surface area contributed by atoms with Crippen molar-refractivity contribution in [1.29, 1.82) is 0 Å². The molecular weight excluding hydrogens is 320 g/mol. The molecule has 4 N–H and O–H groups in total. The van der Waals surface area contributed by atoms with Gasteiger partial charge in [-0.05, 0) is 41.1 Å². The fraction of sp³-hybridized carbons (Fsp3) is 0.0909. The molecule has 1 aromatic carbocycles. The number of carbonyl (C=O) groups is 1. The molecule has 5 nitrogen and oxygen atoms in total. The van der Waals surface area contributed by atoms with Crippen molar-refractivity contribution < 1.29 is 4.79 Å². The van der Waals surface area contributed by atoms with Gasteiger partial charge < -0.3 is 11.1 Å². The molecule has 0 saturated heterocycles. The van der Waals surface area contributed by atoms with Crippen molar-refractivity contribution in [2.75, 3.05) is 11.1 Å². The zero-order valence-electron chi connectivity index (χ0n) is 9.42. The molecular formula is C11H10BrClN4O. The summed E-state index contributed by atoms with van der Waals surface area (Å²) in [5.41, 5.74) is 7.29. The Morgan fingerprint density at radius 2 is 2.28 bits per heavy atom. The Labute approximate surface area is 117 Å². The van der Waals surface area contributed by atoms with Crippen molar-refractivity contribution in [3.8, 4) is 0 Å². The maximum Gasteiger partial charge on any atom is 0.258 e. The fourth-order valence-electron chi connectivity index (χ4n) is 1.38. The molecule has 0 unspecified atom stereocenters. The molecule has 2 rings (SSSR count). The summed E-state index contributed by atoms with van der Waals surface area (Å²) in [6, 6.07) is 4.96. The van der Waals surface area contributed by atoms with E-state index in [0.29, 0.717) is 32.3 Å². The Morgan fingerprint density at radius 1 is 1.56 bits per heavy atom. The molecule has 0 aliphatic carbocycles. The molecule has 0 radical (unpaired) electrons. The molecule has 1 aromatic heterocycles. The van der Waals surface area contributed by atoms with Gasteiger partial charge in [0.15, 0.2) is 5.82 Å². The van der Waals surface area contributed by atoms with Crippen LogP contribution in [0.15, 0.2) is 22.7 Å². The number of nitrogen functional groups attached to an aromatic ring is 1. The lowest BCUT2D eigenvalue weighted by molar-refractivity contribution is 0.102. The van der Waals surface area contributed by atoms with E-state index in [1.165, 1.54) is 0 Å². The Bertz CT molecular complexity index is 611. The molecule has 7 heteroatoms. The number of nitrogens with zero attached hydrogens (tertiary/aromatic N) is 1. The monoisotopic (exact) mass is 328 g/mol. The lowest BCUT2D eigenvalue weighted by atomic mass is 10.2. The number of aryl methyl sites for hydroxylation is 1. The van der Waals surface area contributed by atoms with Gasteiger partial charge in [-0.2, -0.15) is 5.10 Å². The number of carbonyl (C=O) groups excluding carboxylic acids is 1. The summed E-state index contributed by atoms with van der Waals surface area (Å²) in [4.78, 5) is 12.0. The van der Waals surface area contributed by atoms with Crippen LogP contribution in [0, 0.1) is 6.92 Å². The summed E-state index contributed by atoms with van der Waals surface area (Å²) in [7, 11) is 0. The van der Waals surface area contributed by atoms with E-state index in [-0.39, 0.29) is 5.91 Å². The van der Waals surface area contributed by atoms with E-state index >= 15 is 0 Å². The van der Waals surface area contributed by atoms with Crippen molar-refractivity contribution in [2.24, 2.45) is 0 Å². The van der Waals surface area contributed by atoms with Gasteiger partial charge in [0.25, 0.3) is 5.91 Å². The van der Waals surface area contributed by atoms with Crippen LogP contribution in [0.5, 0.6) is 0 Å². The van der Waals surface area contributed by atoms with Crippen LogP contribution in [0.1, 0.15) is 16.1 Å². The molecule has 0 atom stereocenters. The number of hydrogen-bond donors (Lipinski definition) is 3. The van der Waals surface area contributed by atoms with E-state index in [1.807, 2.05) is 0 Å². The van der Waals surface area contributed by atoms with E-state index in [0.717, 1.165) is 0 Å². The number of nitrogens with one attached hydrogen (secondary N) is 2. The second-order valence-electron chi connectivity index (χ2n) is 3.69. The predicted molar refractivity (Wildman–Crippen MR) is 74.8 cm³/mol. The fourth-order valence-corrected chi connectivity index (χ4v) is 1.98. The van der Waals surface area contributed by atoms with Gasteiger partial charge in [0.05, 0.1) is 16.9 Å². The number of H-pyrrole nitrogens is 1. The van der Waals surface area contributed by atoms with Crippen molar-refractivity contribution in [3.63, 3.8) is 0 Å². The minimum atomic E-state index is -0.331. The molecule has 0 aliphatic heterocycles. The molecule has 1 amide bonds. The number of hydrogen-bond acceptors (Lipinski definition) is 3. The van der Waals surface area contributed by atoms with Crippen molar-refractivity contribution in [2.45, 2.75) is 6.92 Å². The highest BCUT2D eigenvalue weighted by Gasteiger charge is 2.14. The quantitative estimate of drug-likeness (QED) is 0.792. The second kappa shape index (κ2) is 4.99. The number of rotatable bonds is 2. The average Bonchev–Trinajstić information content (AvgIpc) is 2.64. The topological polar surface area (TPSA) is 83.8 Å². The van der Waals surface area contributed by atoms with Crippen molar-refractivity contribution >= 4 is 44.9 Å². The third-order valence-electron chi connectivity index (χ3n) is 2.40. The number of aromatic nitrogens is 2. The van der Waals surface area contributed by atoms with Crippen LogP contribution in [0.3, 0.4) is 0 Å². The number of anilines is 2. The third kappa shape index (κ3) is 2.49. The maximum absolute atomic E-state index is 12.0. The van der Waals surface area contributed by atoms with Gasteiger partial charge in [-0.15, -0.1) is 0 Å². The normalized spacial score (nSPS) is 10.4. The van der Waals surface area contributed by atoms with E-state index < -0.39 is 0 Å². The van der Waals surface area contributed by atoms with Crippen LogP contribution in [0.4, 0.5) is 11.5 Å². The van der Waals surface area contributed by atoms with Gasteiger partial charge in [-0.1, -0.05) is 11.6 Å². The minimum absolute atomic E-state index is 0.310. The largest absolute Gasteiger partial charge is 0.394 e.